The number of H-pyrrole nitrogens is 1. The minimum atomic E-state index is -6.05. The molecule has 18 nitrogen and oxygen atoms in total. The zero-order valence-corrected chi connectivity index (χ0v) is 18.4. The predicted molar refractivity (Wildman–Crippen MR) is 99.4 cm³/mol. The van der Waals surface area contributed by atoms with Crippen molar-refractivity contribution in [1.82, 2.24) is 14.5 Å². The maximum absolute atomic E-state index is 12.1. The summed E-state index contributed by atoms with van der Waals surface area (Å²) < 4.78 is 66.4. The lowest BCUT2D eigenvalue weighted by molar-refractivity contribution is -0.0459. The molecule has 3 unspecified atom stereocenters. The molecule has 0 aromatic carbocycles. The smallest absolute Gasteiger partial charge is 0.387 e. The van der Waals surface area contributed by atoms with Crippen molar-refractivity contribution in [2.24, 2.45) is 5.73 Å². The average Bonchev–Trinajstić information content (AvgIpc) is 2.83. The number of phosphoric ester groups is 1. The topological polar surface area (TPSA) is 283 Å². The van der Waals surface area contributed by atoms with Crippen molar-refractivity contribution in [2.75, 3.05) is 6.56 Å². The van der Waals surface area contributed by atoms with Crippen LogP contribution < -0.4 is 17.1 Å². The van der Waals surface area contributed by atoms with Gasteiger partial charge in [-0.05, 0) is 5.92 Å². The zero-order valence-electron chi connectivity index (χ0n) is 16.9. The number of nitrogens with two attached hydrogens (primary N) is 1. The van der Waals surface area contributed by atoms with Crippen LogP contribution in [0.15, 0.2) is 15.9 Å². The molecule has 0 aliphatic carbocycles. The number of hydrogen-bond donors (Lipinski definition) is 7. The fourth-order valence-corrected chi connectivity index (χ4v) is 5.42. The molecule has 0 saturated carbocycles. The van der Waals surface area contributed by atoms with Gasteiger partial charge in [0.1, 0.15) is 18.5 Å². The number of phosphoric acid groups is 3. The first-order valence-corrected chi connectivity index (χ1v) is 12.4. The maximum atomic E-state index is 12.1. The Kier molecular flexibility index (Phi) is 7.01. The summed E-state index contributed by atoms with van der Waals surface area (Å²) in [7, 11) is -17.8. The Balaban J connectivity index is 2.41. The molecule has 1 aliphatic rings. The van der Waals surface area contributed by atoms with Crippen molar-refractivity contribution < 1.29 is 59.0 Å². The summed E-state index contributed by atoms with van der Waals surface area (Å²) in [6.07, 6.45) is -6.11. The van der Waals surface area contributed by atoms with Gasteiger partial charge in [0.15, 0.2) is 11.1 Å². The standard InChI is InChI=1S/C10H14ClN4O14P3/c11-10(1-2-12)6(16)5(27-7(10)15-4-13-8(17)14-9(15)18)3-26-31(22,23)29-32(24,25)28-30(19,20)21/h4-7,16H,3,12H2,(H,22,23)(H,24,25)(H,14,17,18)(H2,19,20,21)/t5-,6+,7-,10?/m1/s1/i3D2. The zero-order chi connectivity index (χ0) is 26.3. The van der Waals surface area contributed by atoms with E-state index in [4.69, 9.17) is 34.6 Å². The summed E-state index contributed by atoms with van der Waals surface area (Å²) in [6, 6.07) is 1.80. The Labute approximate surface area is 184 Å². The summed E-state index contributed by atoms with van der Waals surface area (Å²) in [5.41, 5.74) is 2.79. The van der Waals surface area contributed by atoms with Gasteiger partial charge in [0.05, 0.1) is 9.30 Å². The van der Waals surface area contributed by atoms with E-state index in [2.05, 4.69) is 24.0 Å². The lowest BCUT2D eigenvalue weighted by Gasteiger charge is -2.25. The number of nitrogens with one attached hydrogen (secondary N) is 1. The third-order valence-corrected chi connectivity index (χ3v) is 7.48. The summed E-state index contributed by atoms with van der Waals surface area (Å²) >= 11 is 6.20. The van der Waals surface area contributed by atoms with Gasteiger partial charge < -0.3 is 35.2 Å². The van der Waals surface area contributed by atoms with Crippen LogP contribution in [0.25, 0.3) is 0 Å². The number of rotatable bonds is 8. The molecule has 8 N–H and O–H groups in total. The van der Waals surface area contributed by atoms with Crippen LogP contribution >= 0.6 is 35.1 Å². The Morgan fingerprint density at radius 1 is 1.31 bits per heavy atom. The van der Waals surface area contributed by atoms with Gasteiger partial charge in [0.25, 0.3) is 0 Å². The Bertz CT molecular complexity index is 1270. The van der Waals surface area contributed by atoms with Gasteiger partial charge in [-0.25, -0.2) is 23.3 Å². The lowest BCUT2D eigenvalue weighted by atomic mass is 9.99. The van der Waals surface area contributed by atoms with Gasteiger partial charge in [0.2, 0.25) is 0 Å². The van der Waals surface area contributed by atoms with Crippen LogP contribution in [-0.4, -0.2) is 62.9 Å². The molecule has 1 aliphatic heterocycles. The number of nitrogens with zero attached hydrogens (tertiary/aromatic N) is 2. The van der Waals surface area contributed by atoms with Crippen LogP contribution in [0.3, 0.4) is 0 Å². The Hall–Kier alpha value is -1.41. The number of aliphatic hydroxyl groups excluding tert-OH is 1. The molecule has 0 spiro atoms. The van der Waals surface area contributed by atoms with E-state index in [0.717, 1.165) is 0 Å². The van der Waals surface area contributed by atoms with E-state index in [0.29, 0.717) is 10.9 Å². The minimum Gasteiger partial charge on any atom is -0.387 e. The first-order valence-electron chi connectivity index (χ1n) is 8.50. The number of hydrogen-bond acceptors (Lipinski definition) is 12. The van der Waals surface area contributed by atoms with Crippen LogP contribution in [0.4, 0.5) is 0 Å². The molecule has 1 aromatic rings. The second kappa shape index (κ2) is 9.45. The van der Waals surface area contributed by atoms with Gasteiger partial charge in [-0.3, -0.25) is 14.1 Å². The van der Waals surface area contributed by atoms with Gasteiger partial charge in [-0.15, -0.1) is 0 Å². The molecule has 1 fully saturated rings. The van der Waals surface area contributed by atoms with Crippen molar-refractivity contribution in [3.05, 3.63) is 27.3 Å². The number of halogens is 1. The average molecular weight is 545 g/mol. The van der Waals surface area contributed by atoms with Crippen LogP contribution in [0, 0.1) is 12.0 Å². The quantitative estimate of drug-likeness (QED) is 0.0765. The number of aromatic amines is 1. The molecule has 0 amide bonds. The lowest BCUT2D eigenvalue weighted by Crippen LogP contribution is -2.44. The third-order valence-electron chi connectivity index (χ3n) is 3.32. The molecular weight excluding hydrogens is 528 g/mol. The number of aromatic nitrogens is 3. The fourth-order valence-electron chi connectivity index (χ4n) is 2.22. The number of ether oxygens (including phenoxy) is 1. The predicted octanol–water partition coefficient (Wildman–Crippen LogP) is -2.57. The van der Waals surface area contributed by atoms with Crippen molar-refractivity contribution in [1.29, 1.82) is 0 Å². The minimum absolute atomic E-state index is 0.461. The number of aliphatic hydroxyl groups is 1. The van der Waals surface area contributed by atoms with Gasteiger partial charge in [0, 0.05) is 6.04 Å². The highest BCUT2D eigenvalue weighted by atomic mass is 35.5. The maximum Gasteiger partial charge on any atom is 0.490 e. The van der Waals surface area contributed by atoms with E-state index in [1.54, 1.807) is 11.0 Å². The van der Waals surface area contributed by atoms with Gasteiger partial charge in [-0.1, -0.05) is 11.6 Å². The highest BCUT2D eigenvalue weighted by Gasteiger charge is 2.57. The second-order valence-electron chi connectivity index (χ2n) is 5.58. The van der Waals surface area contributed by atoms with Crippen molar-refractivity contribution in [3.63, 3.8) is 0 Å². The molecule has 6 atom stereocenters. The molecule has 22 heteroatoms. The van der Waals surface area contributed by atoms with Crippen molar-refractivity contribution in [3.8, 4) is 12.0 Å². The van der Waals surface area contributed by atoms with Crippen molar-refractivity contribution >= 4 is 35.1 Å². The first-order chi connectivity index (χ1) is 15.2. The van der Waals surface area contributed by atoms with Crippen molar-refractivity contribution in [2.45, 2.75) is 23.3 Å². The van der Waals surface area contributed by atoms with Crippen LogP contribution in [0.2, 0.25) is 0 Å². The Morgan fingerprint density at radius 2 is 1.94 bits per heavy atom. The fraction of sp³-hybridized carbons (Fsp3) is 0.500. The first kappa shape index (κ1) is 23.7. The van der Waals surface area contributed by atoms with E-state index in [1.165, 1.54) is 0 Å². The van der Waals surface area contributed by atoms with E-state index < -0.39 is 64.7 Å². The number of alkyl halides is 1. The van der Waals surface area contributed by atoms with E-state index in [-0.39, 0.29) is 0 Å². The van der Waals surface area contributed by atoms with Gasteiger partial charge in [-0.2, -0.15) is 13.6 Å². The summed E-state index contributed by atoms with van der Waals surface area (Å²) in [4.78, 5) is 61.6. The van der Waals surface area contributed by atoms with Crippen LogP contribution in [-0.2, 0) is 31.6 Å². The summed E-state index contributed by atoms with van der Waals surface area (Å²) in [6.45, 7) is -3.66. The summed E-state index contributed by atoms with van der Waals surface area (Å²) in [5.74, 6) is 2.05. The third kappa shape index (κ3) is 6.56. The monoisotopic (exact) mass is 544 g/mol. The van der Waals surface area contributed by atoms with Crippen LogP contribution in [0.1, 0.15) is 8.97 Å². The van der Waals surface area contributed by atoms with E-state index in [1.807, 2.05) is 0 Å². The van der Waals surface area contributed by atoms with Gasteiger partial charge >= 0.3 is 34.8 Å². The molecule has 1 saturated heterocycles. The molecule has 0 bridgehead atoms. The highest BCUT2D eigenvalue weighted by Crippen LogP contribution is 2.66. The molecular formula is C10H14ClN4O14P3. The molecule has 180 valence electrons. The summed E-state index contributed by atoms with van der Waals surface area (Å²) in [5, 5.41) is 10.5. The normalized spacial score (nSPS) is 30.9. The molecule has 0 radical (unpaired) electrons. The highest BCUT2D eigenvalue weighted by molar-refractivity contribution is 7.66. The second-order valence-corrected chi connectivity index (χ2v) is 10.5. The molecule has 32 heavy (non-hydrogen) atoms. The SMILES string of the molecule is [2H]C([2H])(OP(=O)(O)OP(=O)(O)OP(=O)(O)O)[C@H]1O[C@@H](n2cnc(=O)[nH]c2=O)C(Cl)(C#CN)[C@H]1O. The van der Waals surface area contributed by atoms with Crippen LogP contribution in [0.5, 0.6) is 0 Å². The van der Waals surface area contributed by atoms with E-state index >= 15 is 0 Å². The van der Waals surface area contributed by atoms with E-state index in [9.17, 15) is 38.2 Å². The Morgan fingerprint density at radius 3 is 2.47 bits per heavy atom. The molecule has 2 heterocycles. The molecule has 2 rings (SSSR count). The largest absolute Gasteiger partial charge is 0.490 e. The molecule has 1 aromatic heterocycles.